The van der Waals surface area contributed by atoms with Crippen molar-refractivity contribution >= 4 is 29.7 Å². The number of rotatable bonds is 6. The van der Waals surface area contributed by atoms with Crippen molar-refractivity contribution in [2.24, 2.45) is 0 Å². The van der Waals surface area contributed by atoms with Crippen molar-refractivity contribution in [2.45, 2.75) is 13.8 Å². The van der Waals surface area contributed by atoms with Crippen LogP contribution >= 0.6 is 0 Å². The van der Waals surface area contributed by atoms with E-state index in [9.17, 15) is 14.4 Å². The number of benzene rings is 2. The SMILES string of the molecule is COc1cccc(/C=C/C(=O)OCC(=O)NC(=O)Nc2cccc(C)c2C)c1. The van der Waals surface area contributed by atoms with Gasteiger partial charge in [-0.2, -0.15) is 0 Å². The first-order valence-corrected chi connectivity index (χ1v) is 8.55. The Bertz CT molecular complexity index is 905. The molecule has 7 nitrogen and oxygen atoms in total. The first-order chi connectivity index (χ1) is 13.4. The van der Waals surface area contributed by atoms with E-state index in [0.717, 1.165) is 16.7 Å². The minimum Gasteiger partial charge on any atom is -0.497 e. The minimum atomic E-state index is -0.731. The van der Waals surface area contributed by atoms with Gasteiger partial charge in [0.1, 0.15) is 5.75 Å². The topological polar surface area (TPSA) is 93.7 Å². The molecule has 3 amide bonds. The summed E-state index contributed by atoms with van der Waals surface area (Å²) >= 11 is 0. The molecule has 7 heteroatoms. The molecule has 2 N–H and O–H groups in total. The van der Waals surface area contributed by atoms with Crippen LogP contribution in [0.25, 0.3) is 6.08 Å². The summed E-state index contributed by atoms with van der Waals surface area (Å²) in [5, 5.41) is 4.70. The number of urea groups is 1. The molecule has 0 saturated carbocycles. The number of carbonyl (C=O) groups excluding carboxylic acids is 3. The Morgan fingerprint density at radius 3 is 2.57 bits per heavy atom. The van der Waals surface area contributed by atoms with Crippen LogP contribution in [0.15, 0.2) is 48.5 Å². The average molecular weight is 382 g/mol. The number of nitrogens with one attached hydrogen (secondary N) is 2. The Hall–Kier alpha value is -3.61. The molecule has 2 aromatic rings. The smallest absolute Gasteiger partial charge is 0.331 e. The minimum absolute atomic E-state index is 0.568. The number of anilines is 1. The second-order valence-corrected chi connectivity index (χ2v) is 5.97. The third kappa shape index (κ3) is 6.28. The number of amides is 3. The number of imide groups is 1. The number of methoxy groups -OCH3 is 1. The first kappa shape index (κ1) is 20.7. The van der Waals surface area contributed by atoms with Crippen LogP contribution in [0.2, 0.25) is 0 Å². The van der Waals surface area contributed by atoms with E-state index in [-0.39, 0.29) is 0 Å². The summed E-state index contributed by atoms with van der Waals surface area (Å²) in [5.74, 6) is -0.774. The summed E-state index contributed by atoms with van der Waals surface area (Å²) in [6, 6.07) is 11.9. The molecule has 0 heterocycles. The maximum atomic E-state index is 11.9. The second-order valence-electron chi connectivity index (χ2n) is 5.97. The first-order valence-electron chi connectivity index (χ1n) is 8.55. The van der Waals surface area contributed by atoms with Crippen molar-refractivity contribution in [3.8, 4) is 5.75 Å². The molecule has 0 aromatic heterocycles. The maximum absolute atomic E-state index is 11.9. The highest BCUT2D eigenvalue weighted by Crippen LogP contribution is 2.17. The zero-order valence-corrected chi connectivity index (χ0v) is 15.9. The van der Waals surface area contributed by atoms with Gasteiger partial charge in [-0.05, 0) is 54.8 Å². The third-order valence-electron chi connectivity index (χ3n) is 3.96. The van der Waals surface area contributed by atoms with Crippen molar-refractivity contribution in [3.63, 3.8) is 0 Å². The zero-order chi connectivity index (χ0) is 20.5. The van der Waals surface area contributed by atoms with Crippen molar-refractivity contribution in [1.82, 2.24) is 5.32 Å². The van der Waals surface area contributed by atoms with E-state index in [0.29, 0.717) is 11.4 Å². The van der Waals surface area contributed by atoms with Crippen LogP contribution in [-0.2, 0) is 14.3 Å². The van der Waals surface area contributed by atoms with Crippen molar-refractivity contribution < 1.29 is 23.9 Å². The Labute approximate surface area is 163 Å². The van der Waals surface area contributed by atoms with Gasteiger partial charge in [-0.1, -0.05) is 24.3 Å². The van der Waals surface area contributed by atoms with Crippen molar-refractivity contribution in [3.05, 3.63) is 65.2 Å². The molecule has 0 spiro atoms. The van der Waals surface area contributed by atoms with Gasteiger partial charge in [0, 0.05) is 11.8 Å². The van der Waals surface area contributed by atoms with Gasteiger partial charge in [-0.25, -0.2) is 9.59 Å². The van der Waals surface area contributed by atoms with E-state index in [4.69, 9.17) is 9.47 Å². The Balaban J connectivity index is 1.79. The average Bonchev–Trinajstić information content (AvgIpc) is 2.68. The number of esters is 1. The molecule has 0 aliphatic carbocycles. The van der Waals surface area contributed by atoms with Gasteiger partial charge in [0.15, 0.2) is 6.61 Å². The standard InChI is InChI=1S/C21H22N2O5/c1-14-6-4-9-18(15(14)2)22-21(26)23-19(24)13-28-20(25)11-10-16-7-5-8-17(12-16)27-3/h4-12H,13H2,1-3H3,(H2,22,23,24,26)/b11-10+. The normalized spacial score (nSPS) is 10.4. The van der Waals surface area contributed by atoms with Crippen LogP contribution in [-0.4, -0.2) is 31.6 Å². The second kappa shape index (κ2) is 9.91. The number of aryl methyl sites for hydroxylation is 1. The van der Waals surface area contributed by atoms with Crippen LogP contribution in [0.3, 0.4) is 0 Å². The highest BCUT2D eigenvalue weighted by Gasteiger charge is 2.11. The van der Waals surface area contributed by atoms with E-state index >= 15 is 0 Å². The molecule has 0 unspecified atom stereocenters. The molecule has 0 aliphatic rings. The summed E-state index contributed by atoms with van der Waals surface area (Å²) in [7, 11) is 1.55. The molecule has 2 aromatic carbocycles. The zero-order valence-electron chi connectivity index (χ0n) is 15.9. The van der Waals surface area contributed by atoms with Gasteiger partial charge in [0.05, 0.1) is 7.11 Å². The van der Waals surface area contributed by atoms with Gasteiger partial charge in [0.25, 0.3) is 5.91 Å². The maximum Gasteiger partial charge on any atom is 0.331 e. The van der Waals surface area contributed by atoms with Crippen LogP contribution < -0.4 is 15.4 Å². The van der Waals surface area contributed by atoms with Crippen molar-refractivity contribution in [1.29, 1.82) is 0 Å². The lowest BCUT2D eigenvalue weighted by atomic mass is 10.1. The summed E-state index contributed by atoms with van der Waals surface area (Å²) in [6.45, 7) is 3.22. The fourth-order valence-corrected chi connectivity index (χ4v) is 2.30. The fraction of sp³-hybridized carbons (Fsp3) is 0.190. The molecule has 28 heavy (non-hydrogen) atoms. The molecular weight excluding hydrogens is 360 g/mol. The molecule has 0 aliphatic heterocycles. The number of ether oxygens (including phenoxy) is 2. The lowest BCUT2D eigenvalue weighted by Gasteiger charge is -2.10. The largest absolute Gasteiger partial charge is 0.497 e. The van der Waals surface area contributed by atoms with Crippen LogP contribution in [0.5, 0.6) is 5.75 Å². The Morgan fingerprint density at radius 1 is 1.07 bits per heavy atom. The van der Waals surface area contributed by atoms with Gasteiger partial charge < -0.3 is 14.8 Å². The lowest BCUT2D eigenvalue weighted by molar-refractivity contribution is -0.143. The molecule has 0 bridgehead atoms. The van der Waals surface area contributed by atoms with E-state index in [2.05, 4.69) is 10.6 Å². The summed E-state index contributed by atoms with van der Waals surface area (Å²) < 4.78 is 9.92. The number of hydrogen-bond acceptors (Lipinski definition) is 5. The van der Waals surface area contributed by atoms with Gasteiger partial charge in [-0.15, -0.1) is 0 Å². The fourth-order valence-electron chi connectivity index (χ4n) is 2.30. The van der Waals surface area contributed by atoms with Gasteiger partial charge >= 0.3 is 12.0 Å². The van der Waals surface area contributed by atoms with Crippen molar-refractivity contribution in [2.75, 3.05) is 19.0 Å². The predicted molar refractivity (Wildman–Crippen MR) is 106 cm³/mol. The molecular formula is C21H22N2O5. The van der Waals surface area contributed by atoms with Gasteiger partial charge in [0.2, 0.25) is 0 Å². The highest BCUT2D eigenvalue weighted by molar-refractivity contribution is 6.02. The molecule has 0 saturated heterocycles. The van der Waals surface area contributed by atoms with Crippen LogP contribution in [0, 0.1) is 13.8 Å². The molecule has 0 radical (unpaired) electrons. The predicted octanol–water partition coefficient (Wildman–Crippen LogP) is 3.22. The number of hydrogen-bond donors (Lipinski definition) is 2. The highest BCUT2D eigenvalue weighted by atomic mass is 16.5. The van der Waals surface area contributed by atoms with E-state index in [1.807, 2.05) is 19.9 Å². The Morgan fingerprint density at radius 2 is 1.82 bits per heavy atom. The molecule has 0 atom stereocenters. The number of carbonyl (C=O) groups is 3. The lowest BCUT2D eigenvalue weighted by Crippen LogP contribution is -2.37. The van der Waals surface area contributed by atoms with Crippen LogP contribution in [0.1, 0.15) is 16.7 Å². The Kier molecular flexibility index (Phi) is 7.33. The summed E-state index contributed by atoms with van der Waals surface area (Å²) in [5.41, 5.74) is 3.26. The third-order valence-corrected chi connectivity index (χ3v) is 3.96. The quantitative estimate of drug-likeness (QED) is 0.591. The van der Waals surface area contributed by atoms with E-state index < -0.39 is 24.5 Å². The van der Waals surface area contributed by atoms with Gasteiger partial charge in [-0.3, -0.25) is 10.1 Å². The summed E-state index contributed by atoms with van der Waals surface area (Å²) in [6.07, 6.45) is 2.73. The molecule has 146 valence electrons. The monoisotopic (exact) mass is 382 g/mol. The molecule has 2 rings (SSSR count). The molecule has 0 fully saturated rings. The summed E-state index contributed by atoms with van der Waals surface area (Å²) in [4.78, 5) is 35.4. The van der Waals surface area contributed by atoms with Crippen LogP contribution in [0.4, 0.5) is 10.5 Å². The van der Waals surface area contributed by atoms with E-state index in [1.165, 1.54) is 12.2 Å². The van der Waals surface area contributed by atoms with E-state index in [1.54, 1.807) is 43.5 Å².